The molecule has 0 radical (unpaired) electrons. The fourth-order valence-corrected chi connectivity index (χ4v) is 2.78. The van der Waals surface area contributed by atoms with Crippen LogP contribution in [0, 0.1) is 27.7 Å². The summed E-state index contributed by atoms with van der Waals surface area (Å²) in [6.45, 7) is 13.4. The Morgan fingerprint density at radius 1 is 0.944 bits per heavy atom. The molecule has 1 heterocycles. The molecule has 1 aromatic carbocycles. The second kappa shape index (κ2) is 4.38. The van der Waals surface area contributed by atoms with Crippen LogP contribution in [0.15, 0.2) is 12.1 Å². The number of allylic oxidation sites excluding steroid dienone is 1. The Morgan fingerprint density at radius 2 is 1.56 bits per heavy atom. The van der Waals surface area contributed by atoms with Gasteiger partial charge in [0.15, 0.2) is 11.8 Å². The fraction of sp³-hybridized carbons (Fsp3) is 0.471. The first kappa shape index (κ1) is 13.1. The van der Waals surface area contributed by atoms with Gasteiger partial charge in [-0.1, -0.05) is 6.07 Å². The zero-order valence-corrected chi connectivity index (χ0v) is 12.7. The van der Waals surface area contributed by atoms with Crippen LogP contribution >= 0.6 is 0 Å². The minimum atomic E-state index is 0.477. The lowest BCUT2D eigenvalue weighted by molar-refractivity contribution is -0.514. The van der Waals surface area contributed by atoms with Gasteiger partial charge in [0, 0.05) is 25.5 Å². The summed E-state index contributed by atoms with van der Waals surface area (Å²) in [6, 6.07) is 2.83. The first-order valence-corrected chi connectivity index (χ1v) is 6.70. The number of nitrogens with zero attached hydrogens (tertiary/aromatic N) is 1. The van der Waals surface area contributed by atoms with Gasteiger partial charge in [-0.05, 0) is 55.5 Å². The third kappa shape index (κ3) is 1.82. The summed E-state index contributed by atoms with van der Waals surface area (Å²) in [5, 5.41) is 0. The van der Waals surface area contributed by atoms with Crippen LogP contribution in [0.4, 0.5) is 0 Å². The van der Waals surface area contributed by atoms with E-state index in [4.69, 9.17) is 0 Å². The van der Waals surface area contributed by atoms with E-state index in [9.17, 15) is 0 Å². The maximum atomic E-state index is 2.35. The summed E-state index contributed by atoms with van der Waals surface area (Å²) in [6.07, 6.45) is 2.33. The molecule has 1 aromatic rings. The van der Waals surface area contributed by atoms with Crippen molar-refractivity contribution in [3.05, 3.63) is 40.0 Å². The van der Waals surface area contributed by atoms with Crippen LogP contribution in [-0.4, -0.2) is 23.4 Å². The van der Waals surface area contributed by atoms with E-state index in [1.807, 2.05) is 0 Å². The monoisotopic (exact) mass is 242 g/mol. The molecule has 0 saturated heterocycles. The maximum Gasteiger partial charge on any atom is 0.176 e. The van der Waals surface area contributed by atoms with E-state index < -0.39 is 0 Å². The van der Waals surface area contributed by atoms with Crippen molar-refractivity contribution in [2.24, 2.45) is 0 Å². The number of benzene rings is 1. The molecule has 0 N–H and O–H groups in total. The first-order chi connectivity index (χ1) is 8.34. The fourth-order valence-electron chi connectivity index (χ4n) is 2.78. The normalized spacial score (nSPS) is 19.5. The predicted octanol–water partition coefficient (Wildman–Crippen LogP) is 3.81. The Kier molecular flexibility index (Phi) is 3.18. The summed E-state index contributed by atoms with van der Waals surface area (Å²) in [7, 11) is 2.17. The van der Waals surface area contributed by atoms with Gasteiger partial charge in [0.25, 0.3) is 0 Å². The molecule has 1 heteroatoms. The summed E-state index contributed by atoms with van der Waals surface area (Å²) in [4.78, 5) is 0. The van der Waals surface area contributed by atoms with Gasteiger partial charge < -0.3 is 0 Å². The van der Waals surface area contributed by atoms with Crippen molar-refractivity contribution in [3.8, 4) is 0 Å². The Labute approximate surface area is 111 Å². The van der Waals surface area contributed by atoms with Crippen LogP contribution in [0.1, 0.15) is 41.7 Å². The van der Waals surface area contributed by atoms with Crippen molar-refractivity contribution >= 4 is 11.3 Å². The van der Waals surface area contributed by atoms with E-state index in [1.54, 1.807) is 0 Å². The van der Waals surface area contributed by atoms with Gasteiger partial charge in [0.2, 0.25) is 0 Å². The van der Waals surface area contributed by atoms with Crippen molar-refractivity contribution in [3.63, 3.8) is 0 Å². The molecular weight excluding hydrogens is 218 g/mol. The third-order valence-electron chi connectivity index (χ3n) is 4.74. The van der Waals surface area contributed by atoms with Crippen molar-refractivity contribution in [1.82, 2.24) is 0 Å². The van der Waals surface area contributed by atoms with Gasteiger partial charge in [-0.2, -0.15) is 0 Å². The molecule has 0 bridgehead atoms. The van der Waals surface area contributed by atoms with E-state index >= 15 is 0 Å². The molecule has 1 aliphatic rings. The zero-order chi connectivity index (χ0) is 13.6. The average molecular weight is 242 g/mol. The molecule has 1 unspecified atom stereocenters. The van der Waals surface area contributed by atoms with Crippen LogP contribution < -0.4 is 0 Å². The van der Waals surface area contributed by atoms with Gasteiger partial charge >= 0.3 is 0 Å². The lowest BCUT2D eigenvalue weighted by Gasteiger charge is -2.16. The highest BCUT2D eigenvalue weighted by molar-refractivity contribution is 5.99. The van der Waals surface area contributed by atoms with E-state index in [1.165, 1.54) is 39.1 Å². The Morgan fingerprint density at radius 3 is 2.06 bits per heavy atom. The highest BCUT2D eigenvalue weighted by Gasteiger charge is 2.28. The molecule has 0 aromatic heterocycles. The van der Waals surface area contributed by atoms with Gasteiger partial charge in [-0.3, -0.25) is 0 Å². The van der Waals surface area contributed by atoms with Crippen molar-refractivity contribution in [2.75, 3.05) is 7.05 Å². The molecule has 0 spiro atoms. The van der Waals surface area contributed by atoms with Crippen molar-refractivity contribution < 1.29 is 4.58 Å². The highest BCUT2D eigenvalue weighted by atomic mass is 15.0. The van der Waals surface area contributed by atoms with Crippen molar-refractivity contribution in [1.29, 1.82) is 0 Å². The standard InChI is InChI=1S/C17H24N/c1-10-8-16(14(5)13(4)12(10)3)17-9-11(2)18(7)15(17)6/h8-9,15H,1-7H3/q+1. The lowest BCUT2D eigenvalue weighted by atomic mass is 9.89. The topological polar surface area (TPSA) is 3.01 Å². The molecule has 96 valence electrons. The number of rotatable bonds is 1. The molecule has 0 aliphatic carbocycles. The van der Waals surface area contributed by atoms with Crippen LogP contribution in [0.2, 0.25) is 0 Å². The summed E-state index contributed by atoms with van der Waals surface area (Å²) in [5.41, 5.74) is 9.92. The minimum absolute atomic E-state index is 0.477. The van der Waals surface area contributed by atoms with Crippen LogP contribution in [0.5, 0.6) is 0 Å². The molecule has 0 amide bonds. The predicted molar refractivity (Wildman–Crippen MR) is 79.7 cm³/mol. The number of likely N-dealkylation sites (N-methyl/N-ethyl adjacent to an activating group) is 1. The summed E-state index contributed by atoms with van der Waals surface area (Å²) in [5.74, 6) is 0. The number of hydrogen-bond acceptors (Lipinski definition) is 0. The van der Waals surface area contributed by atoms with Crippen LogP contribution in [0.3, 0.4) is 0 Å². The number of aryl methyl sites for hydroxylation is 1. The second-order valence-corrected chi connectivity index (χ2v) is 5.64. The Balaban J connectivity index is 2.59. The highest BCUT2D eigenvalue weighted by Crippen LogP contribution is 2.31. The van der Waals surface area contributed by atoms with Gasteiger partial charge in [-0.15, -0.1) is 0 Å². The molecular formula is C17H24N+. The lowest BCUT2D eigenvalue weighted by Crippen LogP contribution is -2.19. The molecule has 1 atom stereocenters. The Bertz CT molecular complexity index is 574. The second-order valence-electron chi connectivity index (χ2n) is 5.64. The molecule has 2 rings (SSSR count). The minimum Gasteiger partial charge on any atom is -0.230 e. The van der Waals surface area contributed by atoms with Crippen molar-refractivity contribution in [2.45, 2.75) is 47.6 Å². The molecule has 0 fully saturated rings. The van der Waals surface area contributed by atoms with E-state index in [2.05, 4.69) is 65.3 Å². The maximum absolute atomic E-state index is 2.35. The first-order valence-electron chi connectivity index (χ1n) is 6.70. The average Bonchev–Trinajstić information content (AvgIpc) is 2.59. The molecule has 1 nitrogen and oxygen atoms in total. The largest absolute Gasteiger partial charge is 0.230 e. The molecule has 18 heavy (non-hydrogen) atoms. The van der Waals surface area contributed by atoms with Gasteiger partial charge in [0.05, 0.1) is 0 Å². The smallest absolute Gasteiger partial charge is 0.176 e. The van der Waals surface area contributed by atoms with E-state index in [0.29, 0.717) is 6.04 Å². The SMILES string of the molecule is CC1=[N+](C)C(C)C(c2cc(C)c(C)c(C)c2C)=C1. The third-order valence-corrected chi connectivity index (χ3v) is 4.74. The van der Waals surface area contributed by atoms with Crippen LogP contribution in [0.25, 0.3) is 5.57 Å². The van der Waals surface area contributed by atoms with Crippen LogP contribution in [-0.2, 0) is 0 Å². The summed E-state index contributed by atoms with van der Waals surface area (Å²) < 4.78 is 2.35. The number of hydrogen-bond donors (Lipinski definition) is 0. The quantitative estimate of drug-likeness (QED) is 0.659. The molecule has 1 aliphatic heterocycles. The van der Waals surface area contributed by atoms with Gasteiger partial charge in [0.1, 0.15) is 7.05 Å². The zero-order valence-electron chi connectivity index (χ0n) is 12.7. The Hall–Kier alpha value is -1.37. The van der Waals surface area contributed by atoms with E-state index in [-0.39, 0.29) is 0 Å². The van der Waals surface area contributed by atoms with E-state index in [0.717, 1.165) is 0 Å². The summed E-state index contributed by atoms with van der Waals surface area (Å²) >= 11 is 0. The molecule has 0 saturated carbocycles. The van der Waals surface area contributed by atoms with Gasteiger partial charge in [-0.25, -0.2) is 4.58 Å².